The van der Waals surface area contributed by atoms with Crippen LogP contribution in [-0.4, -0.2) is 53.0 Å². The van der Waals surface area contributed by atoms with Crippen molar-refractivity contribution in [2.45, 2.75) is 39.8 Å². The molecule has 0 radical (unpaired) electrons. The van der Waals surface area contributed by atoms with Crippen LogP contribution in [0.25, 0.3) is 10.9 Å². The first-order chi connectivity index (χ1) is 15.7. The van der Waals surface area contributed by atoms with E-state index in [1.54, 1.807) is 0 Å². The van der Waals surface area contributed by atoms with E-state index in [4.69, 9.17) is 4.74 Å². The minimum absolute atomic E-state index is 0.172. The summed E-state index contributed by atoms with van der Waals surface area (Å²) in [6, 6.07) is 10.8. The monoisotopic (exact) mass is 450 g/mol. The van der Waals surface area contributed by atoms with E-state index in [-0.39, 0.29) is 6.73 Å². The minimum Gasteiger partial charge on any atom is -0.548 e. The van der Waals surface area contributed by atoms with Crippen molar-refractivity contribution < 1.29 is 23.9 Å². The first-order valence-electron chi connectivity index (χ1n) is 11.2. The molecule has 3 aromatic rings. The Hall–Kier alpha value is -3.39. The number of aliphatic carboxylic acids is 1. The van der Waals surface area contributed by atoms with Crippen molar-refractivity contribution in [2.75, 3.05) is 26.9 Å². The number of ether oxygens (including phenoxy) is 1. The zero-order chi connectivity index (χ0) is 23.6. The van der Waals surface area contributed by atoms with Crippen LogP contribution in [0.3, 0.4) is 0 Å². The second kappa shape index (κ2) is 9.23. The lowest BCUT2D eigenvalue weighted by Gasteiger charge is -2.37. The fourth-order valence-electron chi connectivity index (χ4n) is 4.55. The largest absolute Gasteiger partial charge is 0.548 e. The van der Waals surface area contributed by atoms with Crippen LogP contribution in [0.1, 0.15) is 28.1 Å². The van der Waals surface area contributed by atoms with Gasteiger partial charge in [-0.25, -0.2) is 4.79 Å². The molecular formula is C25H30N4O4. The number of fused-ring (bicyclic) bond motifs is 3. The number of quaternary nitrogens is 1. The fourth-order valence-corrected chi connectivity index (χ4v) is 4.55. The number of hydrogen-bond donors (Lipinski definition) is 1. The highest BCUT2D eigenvalue weighted by Gasteiger charge is 2.34. The van der Waals surface area contributed by atoms with Gasteiger partial charge >= 0.3 is 6.09 Å². The summed E-state index contributed by atoms with van der Waals surface area (Å²) >= 11 is 0. The minimum atomic E-state index is -1.35. The van der Waals surface area contributed by atoms with Crippen LogP contribution in [0.4, 0.5) is 4.79 Å². The second-order valence-electron chi connectivity index (χ2n) is 9.19. The number of likely N-dealkylation sites (N-methyl/N-ethyl adjacent to an activating group) is 1. The molecule has 0 aliphatic carbocycles. The van der Waals surface area contributed by atoms with Crippen molar-refractivity contribution in [2.24, 2.45) is 0 Å². The predicted octanol–water partition coefficient (Wildman–Crippen LogP) is 1.83. The van der Waals surface area contributed by atoms with Crippen LogP contribution in [0.15, 0.2) is 36.5 Å². The summed E-state index contributed by atoms with van der Waals surface area (Å²) in [4.78, 5) is 26.8. The van der Waals surface area contributed by atoms with E-state index in [2.05, 4.69) is 53.1 Å². The molecule has 0 fully saturated rings. The van der Waals surface area contributed by atoms with Gasteiger partial charge in [-0.2, -0.15) is 0 Å². The summed E-state index contributed by atoms with van der Waals surface area (Å²) in [6.45, 7) is 6.15. The van der Waals surface area contributed by atoms with Gasteiger partial charge in [-0.3, -0.25) is 9.47 Å². The van der Waals surface area contributed by atoms with Crippen LogP contribution in [0.5, 0.6) is 0 Å². The van der Waals surface area contributed by atoms with Crippen LogP contribution in [-0.2, 0) is 35.5 Å². The average Bonchev–Trinajstić information content (AvgIpc) is 3.07. The normalized spacial score (nSPS) is 17.5. The predicted molar refractivity (Wildman–Crippen MR) is 122 cm³/mol. The zero-order valence-corrected chi connectivity index (χ0v) is 19.4. The molecule has 1 unspecified atom stereocenters. The highest BCUT2D eigenvalue weighted by Crippen LogP contribution is 2.34. The number of amides is 1. The number of nitrogens with zero attached hydrogens (tertiary/aromatic N) is 3. The molecule has 174 valence electrons. The van der Waals surface area contributed by atoms with Crippen molar-refractivity contribution in [3.63, 3.8) is 0 Å². The van der Waals surface area contributed by atoms with Crippen LogP contribution < -0.4 is 10.4 Å². The molecule has 8 heteroatoms. The molecule has 1 atom stereocenters. The molecule has 8 nitrogen and oxygen atoms in total. The third-order valence-electron chi connectivity index (χ3n) is 6.35. The molecule has 1 aliphatic rings. The number of aromatic nitrogens is 2. The Morgan fingerprint density at radius 1 is 1.24 bits per heavy atom. The molecule has 0 saturated heterocycles. The summed E-state index contributed by atoms with van der Waals surface area (Å²) in [5.41, 5.74) is 7.31. The van der Waals surface area contributed by atoms with Crippen LogP contribution in [0, 0.1) is 13.8 Å². The van der Waals surface area contributed by atoms with E-state index < -0.39 is 18.6 Å². The van der Waals surface area contributed by atoms with Crippen molar-refractivity contribution in [1.29, 1.82) is 0 Å². The maximum absolute atomic E-state index is 11.8. The number of nitrogens with one attached hydrogen (secondary N) is 1. The Kier molecular flexibility index (Phi) is 6.37. The summed E-state index contributed by atoms with van der Waals surface area (Å²) in [5, 5.41) is 14.0. The molecule has 1 aromatic carbocycles. The lowest BCUT2D eigenvalue weighted by Crippen LogP contribution is -2.50. The van der Waals surface area contributed by atoms with Crippen LogP contribution in [0.2, 0.25) is 0 Å². The molecule has 1 amide bonds. The first-order valence-corrected chi connectivity index (χ1v) is 11.2. The number of carbonyl (C=O) groups excluding carboxylic acids is 2. The molecule has 33 heavy (non-hydrogen) atoms. The highest BCUT2D eigenvalue weighted by atomic mass is 16.6. The summed E-state index contributed by atoms with van der Waals surface area (Å²) in [5.74, 6) is -1.35. The summed E-state index contributed by atoms with van der Waals surface area (Å²) < 4.78 is 8.30. The Balaban J connectivity index is 1.55. The molecule has 0 bridgehead atoms. The lowest BCUT2D eigenvalue weighted by molar-refractivity contribution is -0.940. The number of benzene rings is 1. The lowest BCUT2D eigenvalue weighted by atomic mass is 10.0. The van der Waals surface area contributed by atoms with Crippen molar-refractivity contribution >= 4 is 23.0 Å². The number of alkyl carbamates (subject to hydrolysis) is 1. The maximum atomic E-state index is 11.8. The number of pyridine rings is 1. The average molecular weight is 451 g/mol. The van der Waals surface area contributed by atoms with E-state index in [1.165, 1.54) is 33.3 Å². The van der Waals surface area contributed by atoms with Gasteiger partial charge in [0.15, 0.2) is 0 Å². The molecule has 1 aliphatic heterocycles. The Morgan fingerprint density at radius 3 is 2.79 bits per heavy atom. The van der Waals surface area contributed by atoms with E-state index in [9.17, 15) is 14.7 Å². The topological polar surface area (TPSA) is 96.3 Å². The van der Waals surface area contributed by atoms with Crippen molar-refractivity contribution in [1.82, 2.24) is 14.9 Å². The molecule has 3 heterocycles. The van der Waals surface area contributed by atoms with Crippen LogP contribution >= 0.6 is 0 Å². The summed E-state index contributed by atoms with van der Waals surface area (Å²) in [7, 11) is 2.06. The van der Waals surface area contributed by atoms with E-state index in [0.29, 0.717) is 4.48 Å². The highest BCUT2D eigenvalue weighted by molar-refractivity contribution is 5.86. The van der Waals surface area contributed by atoms with Gasteiger partial charge in [0.25, 0.3) is 0 Å². The second-order valence-corrected chi connectivity index (χ2v) is 9.19. The van der Waals surface area contributed by atoms with Gasteiger partial charge in [-0.1, -0.05) is 17.7 Å². The molecule has 0 saturated carbocycles. The quantitative estimate of drug-likeness (QED) is 0.554. The van der Waals surface area contributed by atoms with Crippen molar-refractivity contribution in [3.8, 4) is 0 Å². The molecule has 2 aromatic heterocycles. The van der Waals surface area contributed by atoms with E-state index in [1.807, 2.05) is 19.2 Å². The number of carboxylic acids is 1. The van der Waals surface area contributed by atoms with Gasteiger partial charge in [-0.05, 0) is 44.0 Å². The summed E-state index contributed by atoms with van der Waals surface area (Å²) in [6.07, 6.45) is 2.99. The van der Waals surface area contributed by atoms with Gasteiger partial charge in [0.1, 0.15) is 6.54 Å². The number of carboxylic acid groups (broad SMARTS) is 1. The Bertz CT molecular complexity index is 1190. The molecule has 1 N–H and O–H groups in total. The van der Waals surface area contributed by atoms with E-state index >= 15 is 0 Å². The molecule has 0 spiro atoms. The standard InChI is InChI=1S/C25H30N4O4/c1-17-4-7-22-20(12-17)21-15-29(3,16-33-25(32)27-14-24(30)31)11-9-23(21)28(22)10-8-19-6-5-18(2)26-13-19/h4-7,12-13H,8-11,14-16H2,1-3H3,(H-,27,30,31,32). The molecule has 4 rings (SSSR count). The third kappa shape index (κ3) is 5.17. The number of aryl methyl sites for hydroxylation is 4. The first kappa shape index (κ1) is 22.8. The Morgan fingerprint density at radius 2 is 2.06 bits per heavy atom. The number of rotatable bonds is 7. The smallest absolute Gasteiger partial charge is 0.411 e. The van der Waals surface area contributed by atoms with Gasteiger partial charge in [0.05, 0.1) is 26.1 Å². The fraction of sp³-hybridized carbons (Fsp3) is 0.400. The Labute approximate surface area is 193 Å². The SMILES string of the molecule is Cc1ccc2c(c1)c1c(n2CCc2ccc(C)nc2)CC[N+](C)(COC(=O)NCC(=O)[O-])C1. The third-order valence-corrected chi connectivity index (χ3v) is 6.35. The van der Waals surface area contributed by atoms with Crippen molar-refractivity contribution in [3.05, 3.63) is 64.6 Å². The van der Waals surface area contributed by atoms with Gasteiger partial charge in [-0.15, -0.1) is 0 Å². The number of hydrogen-bond acceptors (Lipinski definition) is 5. The van der Waals surface area contributed by atoms with Gasteiger partial charge < -0.3 is 24.5 Å². The maximum Gasteiger partial charge on any atom is 0.411 e. The van der Waals surface area contributed by atoms with Gasteiger partial charge in [0, 0.05) is 47.0 Å². The van der Waals surface area contributed by atoms with E-state index in [0.717, 1.165) is 38.2 Å². The van der Waals surface area contributed by atoms with Gasteiger partial charge in [0.2, 0.25) is 6.73 Å². The number of carbonyl (C=O) groups is 2. The molecular weight excluding hydrogens is 420 g/mol. The zero-order valence-electron chi connectivity index (χ0n) is 19.4.